The summed E-state index contributed by atoms with van der Waals surface area (Å²) >= 11 is 0. The summed E-state index contributed by atoms with van der Waals surface area (Å²) in [7, 11) is 0. The van der Waals surface area contributed by atoms with E-state index in [1.165, 1.54) is 0 Å². The van der Waals surface area contributed by atoms with Crippen LogP contribution in [-0.2, 0) is 0 Å². The molecule has 1 heterocycles. The molecule has 0 saturated carbocycles. The van der Waals surface area contributed by atoms with Gasteiger partial charge in [0.15, 0.2) is 0 Å². The number of hydrogen-bond donors (Lipinski definition) is 1. The van der Waals surface area contributed by atoms with E-state index in [0.717, 1.165) is 0 Å². The van der Waals surface area contributed by atoms with Crippen LogP contribution in [0.25, 0.3) is 0 Å². The predicted molar refractivity (Wildman–Crippen MR) is 56.6 cm³/mol. The first-order valence-electron chi connectivity index (χ1n) is 5.16. The van der Waals surface area contributed by atoms with Crippen LogP contribution in [0, 0.1) is 28.9 Å². The van der Waals surface area contributed by atoms with Crippen LogP contribution in [-0.4, -0.2) is 11.5 Å². The van der Waals surface area contributed by atoms with Gasteiger partial charge in [0.2, 0.25) is 11.6 Å². The Balaban J connectivity index is 2.84. The molecule has 0 amide bonds. The summed E-state index contributed by atoms with van der Waals surface area (Å²) in [5, 5.41) is 2.35. The lowest BCUT2D eigenvalue weighted by Gasteiger charge is -2.18. The predicted octanol–water partition coefficient (Wildman–Crippen LogP) is 3.49. The summed E-state index contributed by atoms with van der Waals surface area (Å²) in [6.07, 6.45) is 0.595. The average molecular weight is 250 g/mol. The molecule has 1 N–H and O–H groups in total. The van der Waals surface area contributed by atoms with Crippen LogP contribution in [0.15, 0.2) is 0 Å². The number of halogens is 4. The van der Waals surface area contributed by atoms with Crippen molar-refractivity contribution in [3.8, 4) is 0 Å². The van der Waals surface area contributed by atoms with Gasteiger partial charge in [0, 0.05) is 6.54 Å². The molecule has 0 spiro atoms. The zero-order valence-corrected chi connectivity index (χ0v) is 9.87. The van der Waals surface area contributed by atoms with Crippen LogP contribution in [0.2, 0.25) is 0 Å². The Bertz CT molecular complexity index is 387. The van der Waals surface area contributed by atoms with Crippen molar-refractivity contribution >= 4 is 5.69 Å². The second kappa shape index (κ2) is 4.89. The molecule has 2 nitrogen and oxygen atoms in total. The Morgan fingerprint density at radius 2 is 1.47 bits per heavy atom. The number of anilines is 1. The second-order valence-electron chi connectivity index (χ2n) is 4.93. The van der Waals surface area contributed by atoms with E-state index >= 15 is 0 Å². The molecule has 1 rings (SSSR count). The Morgan fingerprint density at radius 1 is 1.00 bits per heavy atom. The second-order valence-corrected chi connectivity index (χ2v) is 4.93. The van der Waals surface area contributed by atoms with Gasteiger partial charge in [0.05, 0.1) is 0 Å². The van der Waals surface area contributed by atoms with Crippen molar-refractivity contribution in [2.45, 2.75) is 27.2 Å². The number of nitrogens with one attached hydrogen (secondary N) is 1. The van der Waals surface area contributed by atoms with Crippen molar-refractivity contribution in [1.29, 1.82) is 0 Å². The number of pyridine rings is 1. The lowest BCUT2D eigenvalue weighted by Crippen LogP contribution is -2.15. The number of hydrogen-bond acceptors (Lipinski definition) is 2. The molecule has 0 saturated heterocycles. The number of rotatable bonds is 3. The van der Waals surface area contributed by atoms with Crippen LogP contribution < -0.4 is 5.32 Å². The van der Waals surface area contributed by atoms with E-state index in [2.05, 4.69) is 10.3 Å². The summed E-state index contributed by atoms with van der Waals surface area (Å²) < 4.78 is 51.8. The normalized spacial score (nSPS) is 11.7. The molecule has 1 aromatic heterocycles. The third-order valence-corrected chi connectivity index (χ3v) is 2.17. The Labute approximate surface area is 97.1 Å². The van der Waals surface area contributed by atoms with E-state index in [9.17, 15) is 17.6 Å². The smallest absolute Gasteiger partial charge is 0.253 e. The highest BCUT2D eigenvalue weighted by atomic mass is 19.2. The van der Waals surface area contributed by atoms with E-state index < -0.39 is 29.2 Å². The zero-order valence-electron chi connectivity index (χ0n) is 9.87. The zero-order chi connectivity index (χ0) is 13.2. The van der Waals surface area contributed by atoms with Crippen molar-refractivity contribution in [2.24, 2.45) is 5.41 Å². The van der Waals surface area contributed by atoms with Crippen molar-refractivity contribution in [1.82, 2.24) is 4.98 Å². The topological polar surface area (TPSA) is 24.9 Å². The van der Waals surface area contributed by atoms with E-state index in [0.29, 0.717) is 6.42 Å². The van der Waals surface area contributed by atoms with Crippen molar-refractivity contribution < 1.29 is 17.6 Å². The summed E-state index contributed by atoms with van der Waals surface area (Å²) in [4.78, 5) is 2.47. The van der Waals surface area contributed by atoms with Gasteiger partial charge < -0.3 is 5.32 Å². The van der Waals surface area contributed by atoms with E-state index in [1.807, 2.05) is 20.8 Å². The summed E-state index contributed by atoms with van der Waals surface area (Å²) in [5.74, 6) is -6.31. The minimum absolute atomic E-state index is 0.0515. The number of aromatic nitrogens is 1. The largest absolute Gasteiger partial charge is 0.380 e. The highest BCUT2D eigenvalue weighted by Crippen LogP contribution is 2.23. The average Bonchev–Trinajstić information content (AvgIpc) is 2.19. The maximum absolute atomic E-state index is 13.2. The molecular formula is C11H14F4N2. The fourth-order valence-corrected chi connectivity index (χ4v) is 1.20. The first-order valence-corrected chi connectivity index (χ1v) is 5.16. The molecule has 0 bridgehead atoms. The SMILES string of the molecule is CC(C)(C)CCNc1c(F)c(F)nc(F)c1F. The van der Waals surface area contributed by atoms with Crippen molar-refractivity contribution in [2.75, 3.05) is 11.9 Å². The molecule has 0 aliphatic heterocycles. The Morgan fingerprint density at radius 3 is 1.88 bits per heavy atom. The summed E-state index contributed by atoms with van der Waals surface area (Å²) in [6.45, 7) is 6.03. The van der Waals surface area contributed by atoms with Gasteiger partial charge in [-0.15, -0.1) is 0 Å². The molecule has 6 heteroatoms. The fourth-order valence-electron chi connectivity index (χ4n) is 1.20. The fraction of sp³-hybridized carbons (Fsp3) is 0.545. The molecular weight excluding hydrogens is 236 g/mol. The van der Waals surface area contributed by atoms with Gasteiger partial charge in [-0.05, 0) is 11.8 Å². The monoisotopic (exact) mass is 250 g/mol. The molecule has 0 aliphatic rings. The molecule has 0 aromatic carbocycles. The maximum atomic E-state index is 13.2. The third-order valence-electron chi connectivity index (χ3n) is 2.17. The molecule has 0 unspecified atom stereocenters. The van der Waals surface area contributed by atoms with Crippen LogP contribution in [0.4, 0.5) is 23.2 Å². The minimum atomic E-state index is -1.65. The van der Waals surface area contributed by atoms with E-state index in [4.69, 9.17) is 0 Å². The Hall–Kier alpha value is -1.33. The highest BCUT2D eigenvalue weighted by molar-refractivity contribution is 5.45. The first kappa shape index (κ1) is 13.7. The van der Waals surface area contributed by atoms with Gasteiger partial charge in [-0.1, -0.05) is 20.8 Å². The number of nitrogens with zero attached hydrogens (tertiary/aromatic N) is 1. The van der Waals surface area contributed by atoms with Crippen molar-refractivity contribution in [3.63, 3.8) is 0 Å². The van der Waals surface area contributed by atoms with Crippen LogP contribution >= 0.6 is 0 Å². The minimum Gasteiger partial charge on any atom is -0.380 e. The molecule has 1 aromatic rings. The Kier molecular flexibility index (Phi) is 3.95. The summed E-state index contributed by atoms with van der Waals surface area (Å²) in [6, 6.07) is 0. The lowest BCUT2D eigenvalue weighted by atomic mass is 9.92. The van der Waals surface area contributed by atoms with Crippen molar-refractivity contribution in [3.05, 3.63) is 23.5 Å². The van der Waals surface area contributed by atoms with Gasteiger partial charge in [-0.2, -0.15) is 22.5 Å². The molecule has 96 valence electrons. The van der Waals surface area contributed by atoms with Gasteiger partial charge in [0.25, 0.3) is 11.9 Å². The quantitative estimate of drug-likeness (QED) is 0.656. The van der Waals surface area contributed by atoms with Gasteiger partial charge in [-0.3, -0.25) is 0 Å². The van der Waals surface area contributed by atoms with Gasteiger partial charge in [0.1, 0.15) is 5.69 Å². The van der Waals surface area contributed by atoms with Crippen LogP contribution in [0.1, 0.15) is 27.2 Å². The van der Waals surface area contributed by atoms with Crippen LogP contribution in [0.3, 0.4) is 0 Å². The molecule has 0 aliphatic carbocycles. The molecule has 17 heavy (non-hydrogen) atoms. The maximum Gasteiger partial charge on any atom is 0.253 e. The summed E-state index contributed by atoms with van der Waals surface area (Å²) in [5.41, 5.74) is -0.858. The molecule has 0 fully saturated rings. The molecule has 0 atom stereocenters. The lowest BCUT2D eigenvalue weighted by molar-refractivity contribution is 0.386. The third kappa shape index (κ3) is 3.57. The van der Waals surface area contributed by atoms with Gasteiger partial charge >= 0.3 is 0 Å². The van der Waals surface area contributed by atoms with E-state index in [1.54, 1.807) is 0 Å². The van der Waals surface area contributed by atoms with Gasteiger partial charge in [-0.25, -0.2) is 0 Å². The highest BCUT2D eigenvalue weighted by Gasteiger charge is 2.20. The molecule has 0 radical (unpaired) electrons. The standard InChI is InChI=1S/C11H14F4N2/c1-11(2,3)4-5-16-8-6(12)9(14)17-10(15)7(8)13/h4-5H2,1-3H3,(H,16,17). The van der Waals surface area contributed by atoms with E-state index in [-0.39, 0.29) is 12.0 Å². The first-order chi connectivity index (χ1) is 7.72. The van der Waals surface area contributed by atoms with Crippen LogP contribution in [0.5, 0.6) is 0 Å².